The third kappa shape index (κ3) is 4.62. The van der Waals surface area contributed by atoms with Gasteiger partial charge in [0.05, 0.1) is 23.8 Å². The van der Waals surface area contributed by atoms with Crippen molar-refractivity contribution in [3.8, 4) is 5.75 Å². The number of carbonyl (C=O) groups is 3. The van der Waals surface area contributed by atoms with E-state index in [-0.39, 0.29) is 24.6 Å². The van der Waals surface area contributed by atoms with Crippen molar-refractivity contribution in [2.75, 3.05) is 33.9 Å². The number of nitrogens with zero attached hydrogens (tertiary/aromatic N) is 2. The number of Topliss-reactive ketones (excluding diaryl/α,β-unsaturated/α-hetero) is 2. The van der Waals surface area contributed by atoms with Crippen molar-refractivity contribution in [3.05, 3.63) is 45.2 Å². The van der Waals surface area contributed by atoms with Gasteiger partial charge in [-0.15, -0.1) is 0 Å². The van der Waals surface area contributed by atoms with Crippen LogP contribution in [0.15, 0.2) is 23.0 Å². The van der Waals surface area contributed by atoms with Crippen molar-refractivity contribution in [1.82, 2.24) is 9.80 Å². The molecule has 14 heteroatoms. The average molecular weight is 610 g/mol. The van der Waals surface area contributed by atoms with Gasteiger partial charge in [0.15, 0.2) is 11.4 Å². The SMILES string of the molecule is CCN(Cc1cc(O)c2c(c1C(F)(F)F)C[C@H]1C[C@H]3[C@H](N(C)C)C(=O)C(C(N)=O)=C(O)[C@@]3(O)C(=O)C1=C2O)[C@@H]1CCOC1. The van der Waals surface area contributed by atoms with Crippen LogP contribution in [0.25, 0.3) is 5.76 Å². The van der Waals surface area contributed by atoms with Crippen LogP contribution in [-0.4, -0.2) is 99.2 Å². The van der Waals surface area contributed by atoms with E-state index in [1.54, 1.807) is 6.92 Å². The van der Waals surface area contributed by atoms with Crippen LogP contribution in [0.1, 0.15) is 42.0 Å². The lowest BCUT2D eigenvalue weighted by Gasteiger charge is -2.50. The van der Waals surface area contributed by atoms with Gasteiger partial charge in [0.2, 0.25) is 5.78 Å². The van der Waals surface area contributed by atoms with Crippen molar-refractivity contribution in [2.45, 2.75) is 56.6 Å². The largest absolute Gasteiger partial charge is 0.508 e. The van der Waals surface area contributed by atoms with E-state index in [0.717, 1.165) is 6.07 Å². The van der Waals surface area contributed by atoms with Gasteiger partial charge >= 0.3 is 6.18 Å². The molecule has 1 amide bonds. The number of rotatable bonds is 6. The smallest absolute Gasteiger partial charge is 0.417 e. The lowest BCUT2D eigenvalue weighted by atomic mass is 9.57. The summed E-state index contributed by atoms with van der Waals surface area (Å²) in [6.45, 7) is 2.91. The number of carbonyl (C=O) groups excluding carboxylic acids is 3. The van der Waals surface area contributed by atoms with E-state index in [9.17, 15) is 48.0 Å². The summed E-state index contributed by atoms with van der Waals surface area (Å²) in [5.74, 6) is -9.06. The number of hydrogen-bond acceptors (Lipinski definition) is 10. The molecule has 5 atom stereocenters. The summed E-state index contributed by atoms with van der Waals surface area (Å²) in [4.78, 5) is 42.4. The molecule has 234 valence electrons. The maximum Gasteiger partial charge on any atom is 0.417 e. The van der Waals surface area contributed by atoms with Gasteiger partial charge in [-0.25, -0.2) is 0 Å². The molecule has 43 heavy (non-hydrogen) atoms. The summed E-state index contributed by atoms with van der Waals surface area (Å²) in [7, 11) is 2.88. The number of likely N-dealkylation sites (N-methyl/N-ethyl adjacent to an activating group) is 2. The van der Waals surface area contributed by atoms with Crippen molar-refractivity contribution in [2.24, 2.45) is 17.6 Å². The van der Waals surface area contributed by atoms with Gasteiger partial charge in [0.1, 0.15) is 22.8 Å². The van der Waals surface area contributed by atoms with Crippen LogP contribution in [0.3, 0.4) is 0 Å². The molecule has 1 aliphatic heterocycles. The molecular formula is C29H34F3N3O8. The van der Waals surface area contributed by atoms with E-state index in [2.05, 4.69) is 0 Å². The second kappa shape index (κ2) is 10.6. The summed E-state index contributed by atoms with van der Waals surface area (Å²) in [6, 6.07) is -0.534. The molecule has 6 N–H and O–H groups in total. The number of ketones is 2. The summed E-state index contributed by atoms with van der Waals surface area (Å²) >= 11 is 0. The first-order valence-corrected chi connectivity index (χ1v) is 14.0. The predicted molar refractivity (Wildman–Crippen MR) is 145 cm³/mol. The van der Waals surface area contributed by atoms with Crippen LogP contribution in [0, 0.1) is 11.8 Å². The number of hydrogen-bond donors (Lipinski definition) is 5. The van der Waals surface area contributed by atoms with Gasteiger partial charge in [-0.3, -0.25) is 24.2 Å². The third-order valence-corrected chi connectivity index (χ3v) is 9.29. The first-order chi connectivity index (χ1) is 20.0. The molecule has 1 aromatic rings. The minimum Gasteiger partial charge on any atom is -0.508 e. The first kappa shape index (κ1) is 31.0. The number of primary amides is 1. The molecule has 1 saturated heterocycles. The highest BCUT2D eigenvalue weighted by Crippen LogP contribution is 2.54. The fourth-order valence-electron chi connectivity index (χ4n) is 7.39. The molecule has 0 unspecified atom stereocenters. The predicted octanol–water partition coefficient (Wildman–Crippen LogP) is 1.59. The lowest BCUT2D eigenvalue weighted by Crippen LogP contribution is -2.65. The number of halogens is 3. The van der Waals surface area contributed by atoms with E-state index in [0.29, 0.717) is 26.2 Å². The monoisotopic (exact) mass is 609 g/mol. The number of phenols is 1. The van der Waals surface area contributed by atoms with E-state index >= 15 is 0 Å². The Balaban J connectivity index is 1.70. The molecule has 11 nitrogen and oxygen atoms in total. The minimum atomic E-state index is -4.90. The zero-order valence-corrected chi connectivity index (χ0v) is 23.9. The van der Waals surface area contributed by atoms with Gasteiger partial charge in [0, 0.05) is 30.7 Å². The molecule has 1 heterocycles. The average Bonchev–Trinajstić information content (AvgIpc) is 3.43. The molecule has 0 radical (unpaired) electrons. The Hall–Kier alpha value is -3.46. The highest BCUT2D eigenvalue weighted by molar-refractivity contribution is 6.24. The summed E-state index contributed by atoms with van der Waals surface area (Å²) in [5, 5.41) is 44.9. The Morgan fingerprint density at radius 2 is 1.88 bits per heavy atom. The summed E-state index contributed by atoms with van der Waals surface area (Å²) in [6.07, 6.45) is -5.03. The van der Waals surface area contributed by atoms with E-state index in [4.69, 9.17) is 10.5 Å². The van der Waals surface area contributed by atoms with Crippen molar-refractivity contribution in [1.29, 1.82) is 0 Å². The Morgan fingerprint density at radius 1 is 1.21 bits per heavy atom. The number of aliphatic hydroxyl groups excluding tert-OH is 2. The van der Waals surface area contributed by atoms with Crippen LogP contribution in [0.2, 0.25) is 0 Å². The van der Waals surface area contributed by atoms with E-state index < -0.39 is 98.7 Å². The quantitative estimate of drug-likeness (QED) is 0.298. The second-order valence-corrected chi connectivity index (χ2v) is 11.8. The maximum absolute atomic E-state index is 14.8. The van der Waals surface area contributed by atoms with Crippen LogP contribution >= 0.6 is 0 Å². The highest BCUT2D eigenvalue weighted by atomic mass is 19.4. The van der Waals surface area contributed by atoms with Crippen molar-refractivity contribution in [3.63, 3.8) is 0 Å². The number of benzene rings is 1. The molecule has 0 spiro atoms. The summed E-state index contributed by atoms with van der Waals surface area (Å²) < 4.78 is 49.8. The van der Waals surface area contributed by atoms with Gasteiger partial charge in [-0.1, -0.05) is 6.92 Å². The van der Waals surface area contributed by atoms with Crippen LogP contribution in [0.5, 0.6) is 5.75 Å². The molecule has 2 fully saturated rings. The number of amides is 1. The molecule has 1 saturated carbocycles. The standard InChI is InChI=1S/C29H34F3N3O8/c1-4-35(14-5-6-43-11-14)10-13-9-17(36)19-15(21(13)29(30,31)32)7-12-8-16-22(34(2)3)24(38)20(27(33)41)26(40)28(16,42)25(39)18(12)23(19)37/h9,12,14,16,22,36-37,40,42H,4-8,10-11H2,1-3H3,(H2,33,41)/t12-,14+,16-,22-,28-/m0/s1. The molecule has 0 aromatic heterocycles. The normalized spacial score (nSPS) is 29.3. The second-order valence-electron chi connectivity index (χ2n) is 11.8. The van der Waals surface area contributed by atoms with E-state index in [1.807, 2.05) is 4.90 Å². The molecule has 3 aliphatic carbocycles. The highest BCUT2D eigenvalue weighted by Gasteiger charge is 2.64. The van der Waals surface area contributed by atoms with Crippen LogP contribution in [0.4, 0.5) is 13.2 Å². The number of phenolic OH excluding ortho intramolecular Hbond substituents is 1. The number of nitrogens with two attached hydrogens (primary N) is 1. The van der Waals surface area contributed by atoms with Gasteiger partial charge in [-0.05, 0) is 63.0 Å². The Kier molecular flexibility index (Phi) is 7.65. The lowest BCUT2D eigenvalue weighted by molar-refractivity contribution is -0.153. The van der Waals surface area contributed by atoms with Crippen LogP contribution < -0.4 is 5.73 Å². The number of fused-ring (bicyclic) bond motifs is 3. The first-order valence-electron chi connectivity index (χ1n) is 14.0. The van der Waals surface area contributed by atoms with Gasteiger partial charge in [0.25, 0.3) is 5.91 Å². The van der Waals surface area contributed by atoms with Crippen LogP contribution in [-0.2, 0) is 38.3 Å². The fraction of sp³-hybridized carbons (Fsp3) is 0.552. The number of aromatic hydroxyl groups is 1. The topological polar surface area (TPSA) is 174 Å². The van der Waals surface area contributed by atoms with Gasteiger partial charge < -0.3 is 30.9 Å². The molecule has 1 aromatic carbocycles. The minimum absolute atomic E-state index is 0.115. The molecular weight excluding hydrogens is 575 g/mol. The van der Waals surface area contributed by atoms with Crippen molar-refractivity contribution >= 4 is 23.2 Å². The Bertz CT molecular complexity index is 1460. The number of aliphatic hydroxyl groups is 3. The zero-order valence-electron chi connectivity index (χ0n) is 23.9. The maximum atomic E-state index is 14.8. The third-order valence-electron chi connectivity index (χ3n) is 9.29. The zero-order chi connectivity index (χ0) is 31.8. The fourth-order valence-corrected chi connectivity index (χ4v) is 7.39. The number of ether oxygens (including phenoxy) is 1. The number of alkyl halides is 3. The van der Waals surface area contributed by atoms with Gasteiger partial charge in [-0.2, -0.15) is 13.2 Å². The van der Waals surface area contributed by atoms with E-state index in [1.165, 1.54) is 19.0 Å². The van der Waals surface area contributed by atoms with Crippen molar-refractivity contribution < 1.29 is 52.7 Å². The Labute approximate surface area is 245 Å². The molecule has 0 bridgehead atoms. The molecule has 5 rings (SSSR count). The summed E-state index contributed by atoms with van der Waals surface area (Å²) in [5.41, 5.74) is -1.32. The Morgan fingerprint density at radius 3 is 2.42 bits per heavy atom. The molecule has 4 aliphatic rings.